The molecule has 0 saturated heterocycles. The first-order chi connectivity index (χ1) is 24.7. The van der Waals surface area contributed by atoms with Gasteiger partial charge in [-0.05, 0) is 83.1 Å². The van der Waals surface area contributed by atoms with Crippen LogP contribution in [0.3, 0.4) is 0 Å². The third-order valence-electron chi connectivity index (χ3n) is 11.0. The van der Waals surface area contributed by atoms with E-state index >= 15 is 0 Å². The van der Waals surface area contributed by atoms with Crippen LogP contribution < -0.4 is 5.32 Å². The van der Waals surface area contributed by atoms with Crippen molar-refractivity contribution < 1.29 is 22.3 Å². The van der Waals surface area contributed by atoms with E-state index in [4.69, 9.17) is 4.55 Å². The highest BCUT2D eigenvalue weighted by molar-refractivity contribution is 7.80. The quantitative estimate of drug-likeness (QED) is 0.0333. The van der Waals surface area contributed by atoms with Gasteiger partial charge >= 0.3 is 10.4 Å². The second-order valence-corrected chi connectivity index (χ2v) is 16.2. The Bertz CT molecular complexity index is 806. The summed E-state index contributed by atoms with van der Waals surface area (Å²) in [5, 5.41) is 14.5. The Morgan fingerprint density at radius 3 is 1.06 bits per heavy atom. The molecule has 0 heterocycles. The van der Waals surface area contributed by atoms with Crippen molar-refractivity contribution in [2.24, 2.45) is 11.8 Å². The molecule has 2 unspecified atom stereocenters. The van der Waals surface area contributed by atoms with Gasteiger partial charge in [-0.2, -0.15) is 8.42 Å². The number of aliphatic hydroxyl groups excluding tert-OH is 1. The van der Waals surface area contributed by atoms with Crippen molar-refractivity contribution in [3.63, 3.8) is 0 Å². The Hall–Kier alpha value is -0.730. The maximum Gasteiger partial charge on any atom is 0.397 e. The molecule has 306 valence electrons. The van der Waals surface area contributed by atoms with Crippen LogP contribution in [0.5, 0.6) is 0 Å². The number of likely N-dealkylation sites (N-methyl/N-ethyl adjacent to an activating group) is 1. The molecule has 0 fully saturated rings. The van der Waals surface area contributed by atoms with E-state index in [2.05, 4.69) is 68.5 Å². The lowest BCUT2D eigenvalue weighted by Crippen LogP contribution is -2.58. The third-order valence-corrected chi connectivity index (χ3v) is 11.4. The monoisotopic (exact) mass is 744 g/mol. The van der Waals surface area contributed by atoms with E-state index in [1.54, 1.807) is 0 Å². The molecule has 6 nitrogen and oxygen atoms in total. The van der Waals surface area contributed by atoms with Gasteiger partial charge in [-0.25, -0.2) is 0 Å². The van der Waals surface area contributed by atoms with Crippen LogP contribution in [0.2, 0.25) is 0 Å². The lowest BCUT2D eigenvalue weighted by atomic mass is 9.68. The summed E-state index contributed by atoms with van der Waals surface area (Å²) in [7, 11) is -1.18. The number of aliphatic hydroxyl groups is 1. The second-order valence-electron chi connectivity index (χ2n) is 15.0. The van der Waals surface area contributed by atoms with Crippen LogP contribution in [-0.4, -0.2) is 44.4 Å². The molecule has 51 heavy (non-hydrogen) atoms. The number of hydrogen-bond donors (Lipinski definition) is 3. The fourth-order valence-corrected chi connectivity index (χ4v) is 7.65. The molecule has 0 aliphatic rings. The van der Waals surface area contributed by atoms with Crippen molar-refractivity contribution in [2.75, 3.05) is 20.8 Å². The number of unbranched alkanes of at least 4 members (excludes halogenated alkanes) is 22. The van der Waals surface area contributed by atoms with E-state index in [1.165, 1.54) is 180 Å². The highest BCUT2D eigenvalue weighted by Gasteiger charge is 2.41. The molecular weight excluding hydrogens is 655 g/mol. The Morgan fingerprint density at radius 1 is 0.549 bits per heavy atom. The van der Waals surface area contributed by atoms with E-state index in [0.717, 1.165) is 20.0 Å². The summed E-state index contributed by atoms with van der Waals surface area (Å²) < 4.78 is 29.7. The van der Waals surface area contributed by atoms with Crippen LogP contribution in [0.15, 0.2) is 24.3 Å². The molecule has 3 N–H and O–H groups in total. The minimum absolute atomic E-state index is 0.120. The molecule has 0 amide bonds. The number of hydrogen-bond acceptors (Lipinski definition) is 5. The molecule has 0 aromatic heterocycles. The van der Waals surface area contributed by atoms with Crippen LogP contribution in [0.1, 0.15) is 220 Å². The van der Waals surface area contributed by atoms with Crippen LogP contribution in [0.4, 0.5) is 0 Å². The average Bonchev–Trinajstić information content (AvgIpc) is 3.13. The van der Waals surface area contributed by atoms with Crippen molar-refractivity contribution in [2.45, 2.75) is 226 Å². The molecule has 0 spiro atoms. The van der Waals surface area contributed by atoms with E-state index in [1.807, 2.05) is 0 Å². The van der Waals surface area contributed by atoms with Crippen molar-refractivity contribution in [3.8, 4) is 0 Å². The molecule has 0 saturated carbocycles. The van der Waals surface area contributed by atoms with Crippen molar-refractivity contribution >= 4 is 10.4 Å². The van der Waals surface area contributed by atoms with Gasteiger partial charge in [0.2, 0.25) is 0 Å². The Labute approximate surface area is 319 Å². The van der Waals surface area contributed by atoms with Crippen molar-refractivity contribution in [1.29, 1.82) is 0 Å². The normalized spacial score (nSPS) is 14.5. The van der Waals surface area contributed by atoms with Crippen LogP contribution >= 0.6 is 0 Å². The first-order valence-corrected chi connectivity index (χ1v) is 23.2. The van der Waals surface area contributed by atoms with Gasteiger partial charge in [0.15, 0.2) is 0 Å². The summed E-state index contributed by atoms with van der Waals surface area (Å²) in [6.45, 7) is 9.55. The van der Waals surface area contributed by atoms with Gasteiger partial charge in [-0.3, -0.25) is 8.74 Å². The standard InChI is InChI=1S/C43H85NO.CH4O4S/c1-6-10-12-14-16-18-20-22-24-26-28-30-32-34-36-38-41(8-3)43(40-45,44-5)42(9-4)39-37-35-33-31-29-27-25-23-21-19-17-15-13-11-7-2;1-5-6(2,3)4/h22-25,41-42,44-45H,6-21,26-40H2,1-5H3;1H3,(H,2,3,4)/b24-22-,25-23-;. The predicted molar refractivity (Wildman–Crippen MR) is 224 cm³/mol. The smallest absolute Gasteiger partial charge is 0.394 e. The minimum atomic E-state index is -4.16. The van der Waals surface area contributed by atoms with E-state index in [9.17, 15) is 13.5 Å². The van der Waals surface area contributed by atoms with Gasteiger partial charge in [-0.1, -0.05) is 180 Å². The van der Waals surface area contributed by atoms with Gasteiger partial charge < -0.3 is 10.4 Å². The first kappa shape index (κ1) is 52.4. The first-order valence-electron chi connectivity index (χ1n) is 21.8. The molecule has 0 bridgehead atoms. The van der Waals surface area contributed by atoms with Crippen LogP contribution in [-0.2, 0) is 14.6 Å². The van der Waals surface area contributed by atoms with E-state index in [-0.39, 0.29) is 12.1 Å². The Balaban J connectivity index is 0. The zero-order chi connectivity index (χ0) is 38.3. The summed E-state index contributed by atoms with van der Waals surface area (Å²) in [5.74, 6) is 1.12. The third kappa shape index (κ3) is 32.4. The number of rotatable bonds is 37. The van der Waals surface area contributed by atoms with Crippen molar-refractivity contribution in [1.82, 2.24) is 5.32 Å². The predicted octanol–water partition coefficient (Wildman–Crippen LogP) is 13.5. The van der Waals surface area contributed by atoms with Crippen molar-refractivity contribution in [3.05, 3.63) is 24.3 Å². The molecule has 0 radical (unpaired) electrons. The number of nitrogens with one attached hydrogen (secondary N) is 1. The maximum absolute atomic E-state index is 10.8. The molecular formula is C44H89NO5S. The van der Waals surface area contributed by atoms with E-state index < -0.39 is 10.4 Å². The Kier molecular flexibility index (Phi) is 40.0. The molecule has 7 heteroatoms. The molecule has 0 rings (SSSR count). The topological polar surface area (TPSA) is 95.9 Å². The van der Waals surface area contributed by atoms with Gasteiger partial charge in [0.25, 0.3) is 0 Å². The minimum Gasteiger partial charge on any atom is -0.394 e. The van der Waals surface area contributed by atoms with Gasteiger partial charge in [0, 0.05) is 5.54 Å². The van der Waals surface area contributed by atoms with E-state index in [0.29, 0.717) is 11.8 Å². The lowest BCUT2D eigenvalue weighted by Gasteiger charge is -2.45. The summed E-state index contributed by atoms with van der Waals surface area (Å²) >= 11 is 0. The molecule has 0 aromatic carbocycles. The zero-order valence-corrected chi connectivity index (χ0v) is 35.7. The molecule has 0 aromatic rings. The highest BCUT2D eigenvalue weighted by atomic mass is 32.3. The summed E-state index contributed by atoms with van der Waals surface area (Å²) in [5.41, 5.74) is -0.120. The van der Waals surface area contributed by atoms with Gasteiger partial charge in [0.05, 0.1) is 13.7 Å². The molecule has 0 aliphatic heterocycles. The SMILES string of the molecule is CCCCCCCC/C=C\CCCCCCCC(CC)C(CO)(NC)C(CC)CCCCCCC/C=C\CCCCCCCC.COS(=O)(=O)O. The highest BCUT2D eigenvalue weighted by Crippen LogP contribution is 2.37. The lowest BCUT2D eigenvalue weighted by molar-refractivity contribution is 0.0398. The van der Waals surface area contributed by atoms with Gasteiger partial charge in [-0.15, -0.1) is 0 Å². The van der Waals surface area contributed by atoms with Gasteiger partial charge in [0.1, 0.15) is 0 Å². The second kappa shape index (κ2) is 39.0. The number of allylic oxidation sites excluding steroid dienone is 4. The van der Waals surface area contributed by atoms with Crippen LogP contribution in [0, 0.1) is 11.8 Å². The fourth-order valence-electron chi connectivity index (χ4n) is 7.65. The summed E-state index contributed by atoms with van der Waals surface area (Å²) in [6, 6.07) is 0. The van der Waals surface area contributed by atoms with Crippen LogP contribution in [0.25, 0.3) is 0 Å². The molecule has 0 aliphatic carbocycles. The summed E-state index contributed by atoms with van der Waals surface area (Å²) in [6.07, 6.45) is 49.8. The molecule has 2 atom stereocenters. The zero-order valence-electron chi connectivity index (χ0n) is 34.9. The Morgan fingerprint density at radius 2 is 0.824 bits per heavy atom. The average molecular weight is 744 g/mol. The largest absolute Gasteiger partial charge is 0.397 e. The maximum atomic E-state index is 10.8. The fraction of sp³-hybridized carbons (Fsp3) is 0.909. The summed E-state index contributed by atoms with van der Waals surface area (Å²) in [4.78, 5) is 0.